The van der Waals surface area contributed by atoms with Gasteiger partial charge in [-0.3, -0.25) is 9.89 Å². The van der Waals surface area contributed by atoms with Gasteiger partial charge in [0.25, 0.3) is 5.91 Å². The van der Waals surface area contributed by atoms with Gasteiger partial charge in [0.1, 0.15) is 11.6 Å². The lowest BCUT2D eigenvalue weighted by Gasteiger charge is -2.34. The second-order valence-corrected chi connectivity index (χ2v) is 8.08. The Morgan fingerprint density at radius 1 is 1.13 bits per heavy atom. The first-order chi connectivity index (χ1) is 14.6. The number of aryl methyl sites for hydroxylation is 1. The van der Waals surface area contributed by atoms with Crippen molar-refractivity contribution in [3.05, 3.63) is 65.7 Å². The van der Waals surface area contributed by atoms with Crippen molar-refractivity contribution in [1.82, 2.24) is 25.1 Å². The van der Waals surface area contributed by atoms with Gasteiger partial charge in [0, 0.05) is 43.0 Å². The number of benzene rings is 1. The van der Waals surface area contributed by atoms with Crippen LogP contribution in [0.3, 0.4) is 0 Å². The van der Waals surface area contributed by atoms with E-state index in [0.29, 0.717) is 12.0 Å². The van der Waals surface area contributed by atoms with Crippen LogP contribution in [0, 0.1) is 12.8 Å². The molecule has 2 N–H and O–H groups in total. The van der Waals surface area contributed by atoms with Gasteiger partial charge >= 0.3 is 0 Å². The molecule has 0 aliphatic heterocycles. The first-order valence-electron chi connectivity index (χ1n) is 10.5. The summed E-state index contributed by atoms with van der Waals surface area (Å²) in [4.78, 5) is 23.7. The van der Waals surface area contributed by atoms with Crippen molar-refractivity contribution >= 4 is 17.5 Å². The fourth-order valence-electron chi connectivity index (χ4n) is 4.12. The van der Waals surface area contributed by atoms with Crippen LogP contribution in [0.2, 0.25) is 0 Å². The van der Waals surface area contributed by atoms with Crippen LogP contribution < -0.4 is 5.32 Å². The summed E-state index contributed by atoms with van der Waals surface area (Å²) in [7, 11) is 1.93. The molecule has 156 valence electrons. The number of nitrogens with one attached hydrogen (secondary N) is 2. The Balaban J connectivity index is 1.30. The molecule has 2 heterocycles. The largest absolute Gasteiger partial charge is 0.339 e. The molecule has 0 radical (unpaired) electrons. The van der Waals surface area contributed by atoms with Crippen molar-refractivity contribution < 1.29 is 4.79 Å². The molecule has 0 unspecified atom stereocenters. The summed E-state index contributed by atoms with van der Waals surface area (Å²) in [6.45, 7) is 1.96. The number of nitrogens with zero attached hydrogens (tertiary/aromatic N) is 4. The van der Waals surface area contributed by atoms with E-state index in [0.717, 1.165) is 60.8 Å². The number of hydrogen-bond acceptors (Lipinski definition) is 5. The van der Waals surface area contributed by atoms with Crippen LogP contribution in [0.25, 0.3) is 0 Å². The third kappa shape index (κ3) is 4.84. The number of amides is 1. The van der Waals surface area contributed by atoms with Gasteiger partial charge < -0.3 is 10.2 Å². The fourth-order valence-corrected chi connectivity index (χ4v) is 4.12. The van der Waals surface area contributed by atoms with E-state index < -0.39 is 0 Å². The van der Waals surface area contributed by atoms with E-state index in [4.69, 9.17) is 0 Å². The number of rotatable bonds is 6. The molecule has 4 rings (SSSR count). The summed E-state index contributed by atoms with van der Waals surface area (Å²) in [5.74, 6) is 3.01. The molecule has 1 fully saturated rings. The zero-order chi connectivity index (χ0) is 20.9. The Kier molecular flexibility index (Phi) is 6.07. The molecule has 1 aliphatic carbocycles. The highest BCUT2D eigenvalue weighted by atomic mass is 16.2. The molecule has 1 aromatic carbocycles. The predicted molar refractivity (Wildman–Crippen MR) is 117 cm³/mol. The van der Waals surface area contributed by atoms with Gasteiger partial charge in [-0.2, -0.15) is 5.10 Å². The Hall–Kier alpha value is -3.22. The van der Waals surface area contributed by atoms with Gasteiger partial charge in [-0.05, 0) is 56.7 Å². The summed E-state index contributed by atoms with van der Waals surface area (Å²) in [6.07, 6.45) is 6.85. The SMILES string of the molecule is Cc1cc(Nc2ccnc(CC3CCC(N(C)C(=O)c4ccccc4)CC3)n2)n[nH]1. The minimum absolute atomic E-state index is 0.106. The normalized spacial score (nSPS) is 18.7. The van der Waals surface area contributed by atoms with Gasteiger partial charge in [0.2, 0.25) is 0 Å². The topological polar surface area (TPSA) is 86.8 Å². The first-order valence-corrected chi connectivity index (χ1v) is 10.5. The van der Waals surface area contributed by atoms with Crippen molar-refractivity contribution in [3.63, 3.8) is 0 Å². The molecule has 0 bridgehead atoms. The number of carbonyl (C=O) groups is 1. The molecule has 2 aromatic heterocycles. The molecule has 0 atom stereocenters. The van der Waals surface area contributed by atoms with E-state index in [9.17, 15) is 4.79 Å². The van der Waals surface area contributed by atoms with E-state index in [1.807, 2.05) is 61.3 Å². The quantitative estimate of drug-likeness (QED) is 0.645. The smallest absolute Gasteiger partial charge is 0.253 e. The Morgan fingerprint density at radius 2 is 1.90 bits per heavy atom. The van der Waals surface area contributed by atoms with E-state index >= 15 is 0 Å². The van der Waals surface area contributed by atoms with Crippen LogP contribution in [0.15, 0.2) is 48.7 Å². The summed E-state index contributed by atoms with van der Waals surface area (Å²) in [6, 6.07) is 13.6. The van der Waals surface area contributed by atoms with Crippen molar-refractivity contribution in [3.8, 4) is 0 Å². The molecular weight excluding hydrogens is 376 g/mol. The Bertz CT molecular complexity index is 978. The molecule has 1 aliphatic rings. The molecule has 7 nitrogen and oxygen atoms in total. The summed E-state index contributed by atoms with van der Waals surface area (Å²) in [5.41, 5.74) is 1.76. The maximum Gasteiger partial charge on any atom is 0.253 e. The molecule has 7 heteroatoms. The van der Waals surface area contributed by atoms with Crippen LogP contribution in [-0.2, 0) is 6.42 Å². The number of anilines is 2. The zero-order valence-electron chi connectivity index (χ0n) is 17.5. The standard InChI is InChI=1S/C23H28N6O/c1-16-14-22(28-27-16)26-20-12-13-24-21(25-20)15-17-8-10-19(11-9-17)29(2)23(30)18-6-4-3-5-7-18/h3-7,12-14,17,19H,8-11,15H2,1-2H3,(H2,24,25,26,27,28). The maximum atomic E-state index is 12.7. The van der Waals surface area contributed by atoms with Crippen molar-refractivity contribution in [2.75, 3.05) is 12.4 Å². The fraction of sp³-hybridized carbons (Fsp3) is 0.391. The third-order valence-electron chi connectivity index (χ3n) is 5.84. The van der Waals surface area contributed by atoms with Gasteiger partial charge in [0.05, 0.1) is 0 Å². The monoisotopic (exact) mass is 404 g/mol. The van der Waals surface area contributed by atoms with E-state index in [-0.39, 0.29) is 5.91 Å². The van der Waals surface area contributed by atoms with Gasteiger partial charge in [-0.15, -0.1) is 0 Å². The van der Waals surface area contributed by atoms with Crippen LogP contribution >= 0.6 is 0 Å². The highest BCUT2D eigenvalue weighted by Crippen LogP contribution is 2.30. The summed E-state index contributed by atoms with van der Waals surface area (Å²) in [5, 5.41) is 10.3. The molecule has 3 aromatic rings. The minimum Gasteiger partial charge on any atom is -0.339 e. The van der Waals surface area contributed by atoms with Crippen LogP contribution in [-0.4, -0.2) is 44.1 Å². The predicted octanol–water partition coefficient (Wildman–Crippen LogP) is 4.13. The lowest BCUT2D eigenvalue weighted by atomic mass is 9.83. The van der Waals surface area contributed by atoms with Crippen molar-refractivity contribution in [2.45, 2.75) is 45.1 Å². The molecule has 0 saturated heterocycles. The maximum absolute atomic E-state index is 12.7. The number of hydrogen-bond donors (Lipinski definition) is 2. The molecule has 30 heavy (non-hydrogen) atoms. The zero-order valence-corrected chi connectivity index (χ0v) is 17.5. The van der Waals surface area contributed by atoms with Gasteiger partial charge in [0.15, 0.2) is 5.82 Å². The van der Waals surface area contributed by atoms with Crippen LogP contribution in [0.4, 0.5) is 11.6 Å². The molecule has 0 spiro atoms. The van der Waals surface area contributed by atoms with Crippen LogP contribution in [0.1, 0.15) is 47.6 Å². The van der Waals surface area contributed by atoms with E-state index in [2.05, 4.69) is 25.5 Å². The summed E-state index contributed by atoms with van der Waals surface area (Å²) >= 11 is 0. The van der Waals surface area contributed by atoms with Gasteiger partial charge in [-0.1, -0.05) is 18.2 Å². The number of carbonyl (C=O) groups excluding carboxylic acids is 1. The number of H-pyrrole nitrogens is 1. The minimum atomic E-state index is 0.106. The Labute approximate surface area is 176 Å². The van der Waals surface area contributed by atoms with Crippen LogP contribution in [0.5, 0.6) is 0 Å². The second kappa shape index (κ2) is 9.07. The average Bonchev–Trinajstić information content (AvgIpc) is 3.18. The molecule has 1 saturated carbocycles. The van der Waals surface area contributed by atoms with E-state index in [1.54, 1.807) is 6.20 Å². The van der Waals surface area contributed by atoms with Gasteiger partial charge in [-0.25, -0.2) is 9.97 Å². The van der Waals surface area contributed by atoms with Crippen molar-refractivity contribution in [2.24, 2.45) is 5.92 Å². The molecular formula is C23H28N6O. The number of aromatic nitrogens is 4. The lowest BCUT2D eigenvalue weighted by molar-refractivity contribution is 0.0675. The highest BCUT2D eigenvalue weighted by Gasteiger charge is 2.27. The number of aromatic amines is 1. The second-order valence-electron chi connectivity index (χ2n) is 8.08. The Morgan fingerprint density at radius 3 is 2.60 bits per heavy atom. The summed E-state index contributed by atoms with van der Waals surface area (Å²) < 4.78 is 0. The van der Waals surface area contributed by atoms with E-state index in [1.165, 1.54) is 0 Å². The molecule has 1 amide bonds. The highest BCUT2D eigenvalue weighted by molar-refractivity contribution is 5.94. The average molecular weight is 405 g/mol. The third-order valence-corrected chi connectivity index (χ3v) is 5.84. The van der Waals surface area contributed by atoms with Crippen molar-refractivity contribution in [1.29, 1.82) is 0 Å². The lowest BCUT2D eigenvalue weighted by Crippen LogP contribution is -2.39. The first kappa shape index (κ1) is 20.1.